The summed E-state index contributed by atoms with van der Waals surface area (Å²) in [7, 11) is 0. The van der Waals surface area contributed by atoms with Crippen molar-refractivity contribution in [3.63, 3.8) is 0 Å². The highest BCUT2D eigenvalue weighted by atomic mass is 16.5. The predicted octanol–water partition coefficient (Wildman–Crippen LogP) is 4.64. The molecule has 144 valence electrons. The Hall–Kier alpha value is -2.68. The third-order valence-corrected chi connectivity index (χ3v) is 6.68. The summed E-state index contributed by atoms with van der Waals surface area (Å²) >= 11 is 0. The largest absolute Gasteiger partial charge is 0.458 e. The molecule has 0 fully saturated rings. The van der Waals surface area contributed by atoms with E-state index in [-0.39, 0.29) is 17.5 Å². The monoisotopic (exact) mass is 380 g/mol. The van der Waals surface area contributed by atoms with Crippen LogP contribution in [0.3, 0.4) is 0 Å². The molecule has 0 N–H and O–H groups in total. The highest BCUT2D eigenvalue weighted by molar-refractivity contribution is 6.99. The van der Waals surface area contributed by atoms with Gasteiger partial charge in [0.2, 0.25) is 0 Å². The van der Waals surface area contributed by atoms with Gasteiger partial charge in [0.15, 0.2) is 0 Å². The van der Waals surface area contributed by atoms with Crippen molar-refractivity contribution in [2.75, 3.05) is 0 Å². The quantitative estimate of drug-likeness (QED) is 0.395. The van der Waals surface area contributed by atoms with Gasteiger partial charge in [0.1, 0.15) is 23.0 Å². The van der Waals surface area contributed by atoms with Crippen LogP contribution < -0.4 is 25.9 Å². The first-order valence-corrected chi connectivity index (χ1v) is 10.5. The average Bonchev–Trinajstić information content (AvgIpc) is 2.64. The van der Waals surface area contributed by atoms with E-state index < -0.39 is 0 Å². The van der Waals surface area contributed by atoms with Crippen LogP contribution >= 0.6 is 0 Å². The van der Waals surface area contributed by atoms with Crippen molar-refractivity contribution in [3.05, 3.63) is 65.2 Å². The van der Waals surface area contributed by atoms with Crippen molar-refractivity contribution in [1.82, 2.24) is 0 Å². The van der Waals surface area contributed by atoms with Crippen LogP contribution in [0.25, 0.3) is 0 Å². The van der Waals surface area contributed by atoms with Crippen LogP contribution in [0.4, 0.5) is 0 Å². The Morgan fingerprint density at radius 3 is 2.03 bits per heavy atom. The number of rotatable bonds is 1. The zero-order valence-corrected chi connectivity index (χ0v) is 17.7. The Kier molecular flexibility index (Phi) is 3.13. The van der Waals surface area contributed by atoms with Gasteiger partial charge in [0, 0.05) is 10.9 Å². The first-order chi connectivity index (χ1) is 13.7. The van der Waals surface area contributed by atoms with Crippen molar-refractivity contribution >= 4 is 23.1 Å². The van der Waals surface area contributed by atoms with Gasteiger partial charge in [-0.1, -0.05) is 58.9 Å². The summed E-state index contributed by atoms with van der Waals surface area (Å²) in [6.45, 7) is 11.8. The molecule has 0 spiro atoms. The normalized spacial score (nSPS) is 16.7. The molecule has 3 aromatic carbocycles. The van der Waals surface area contributed by atoms with Gasteiger partial charge in [0.25, 0.3) is 6.71 Å². The molecule has 3 aliphatic rings. The Morgan fingerprint density at radius 1 is 0.759 bits per heavy atom. The topological polar surface area (TPSA) is 18.5 Å². The molecule has 0 saturated heterocycles. The molecule has 0 radical (unpaired) electrons. The third kappa shape index (κ3) is 2.25. The van der Waals surface area contributed by atoms with Gasteiger partial charge in [-0.3, -0.25) is 0 Å². The lowest BCUT2D eigenvalue weighted by atomic mass is 9.30. The molecule has 6 rings (SSSR count). The lowest BCUT2D eigenvalue weighted by molar-refractivity contribution is 0.409. The van der Waals surface area contributed by atoms with Gasteiger partial charge in [0.05, 0.1) is 0 Å². The summed E-state index contributed by atoms with van der Waals surface area (Å²) in [5, 5.41) is 0. The van der Waals surface area contributed by atoms with E-state index in [1.165, 1.54) is 33.1 Å². The molecule has 2 nitrogen and oxygen atoms in total. The number of hydrogen-bond acceptors (Lipinski definition) is 2. The Morgan fingerprint density at radius 2 is 1.34 bits per heavy atom. The molecule has 0 unspecified atom stereocenters. The Bertz CT molecular complexity index is 1200. The zero-order chi connectivity index (χ0) is 20.1. The molecule has 0 saturated carbocycles. The van der Waals surface area contributed by atoms with Crippen molar-refractivity contribution < 1.29 is 9.47 Å². The lowest BCUT2D eigenvalue weighted by Gasteiger charge is -2.44. The van der Waals surface area contributed by atoms with E-state index in [2.05, 4.69) is 77.1 Å². The van der Waals surface area contributed by atoms with Crippen molar-refractivity contribution in [1.29, 1.82) is 0 Å². The number of ether oxygens (including phenoxy) is 2. The molecule has 29 heavy (non-hydrogen) atoms. The van der Waals surface area contributed by atoms with E-state index in [0.29, 0.717) is 0 Å². The minimum absolute atomic E-state index is 0.101. The van der Waals surface area contributed by atoms with Gasteiger partial charge < -0.3 is 9.47 Å². The Labute approximate surface area is 172 Å². The van der Waals surface area contributed by atoms with Crippen molar-refractivity contribution in [3.8, 4) is 23.0 Å². The SMILES string of the molecule is CC(C)(C)Cc1cc2c3c(c1)C(C)(C)c1cccc4c1B3c1c(cccc1O2)O4. The van der Waals surface area contributed by atoms with Crippen LogP contribution in [0.2, 0.25) is 0 Å². The van der Waals surface area contributed by atoms with E-state index >= 15 is 0 Å². The highest BCUT2D eigenvalue weighted by Crippen LogP contribution is 2.44. The molecule has 0 aromatic heterocycles. The molecular formula is C26H25BO2. The van der Waals surface area contributed by atoms with Crippen LogP contribution in [0.1, 0.15) is 51.3 Å². The van der Waals surface area contributed by atoms with Crippen LogP contribution in [0.15, 0.2) is 48.5 Å². The summed E-state index contributed by atoms with van der Waals surface area (Å²) < 4.78 is 12.9. The molecule has 3 heteroatoms. The fourth-order valence-electron chi connectivity index (χ4n) is 5.57. The average molecular weight is 380 g/mol. The molecule has 0 atom stereocenters. The lowest BCUT2D eigenvalue weighted by Crippen LogP contribution is -2.64. The Balaban J connectivity index is 1.70. The molecule has 0 bridgehead atoms. The maximum atomic E-state index is 6.52. The smallest absolute Gasteiger partial charge is 0.261 e. The fourth-order valence-corrected chi connectivity index (χ4v) is 5.57. The summed E-state index contributed by atoms with van der Waals surface area (Å²) in [5.74, 6) is 3.86. The van der Waals surface area contributed by atoms with E-state index in [4.69, 9.17) is 9.47 Å². The third-order valence-electron chi connectivity index (χ3n) is 6.68. The molecule has 3 heterocycles. The van der Waals surface area contributed by atoms with Crippen LogP contribution in [0, 0.1) is 5.41 Å². The molecule has 0 amide bonds. The second-order valence-corrected chi connectivity index (χ2v) is 10.4. The molecule has 0 aliphatic carbocycles. The second-order valence-electron chi connectivity index (χ2n) is 10.4. The molecule has 3 aromatic rings. The van der Waals surface area contributed by atoms with Crippen molar-refractivity contribution in [2.24, 2.45) is 5.41 Å². The van der Waals surface area contributed by atoms with Gasteiger partial charge in [-0.25, -0.2) is 0 Å². The second kappa shape index (κ2) is 5.27. The van der Waals surface area contributed by atoms with Crippen LogP contribution in [-0.4, -0.2) is 6.71 Å². The van der Waals surface area contributed by atoms with Gasteiger partial charge >= 0.3 is 0 Å². The minimum Gasteiger partial charge on any atom is -0.458 e. The molecule has 3 aliphatic heterocycles. The molecular weight excluding hydrogens is 355 g/mol. The maximum Gasteiger partial charge on any atom is 0.261 e. The number of benzene rings is 3. The van der Waals surface area contributed by atoms with E-state index in [1.54, 1.807) is 0 Å². The standard InChI is InChI=1S/C26H25BO2/c1-25(2,3)14-15-12-17-23-21(13-15)29-20-11-7-10-19-24(20)27(23)22-16(26(17,4)5)8-6-9-18(22)28-19/h6-13H,14H2,1-5H3. The van der Waals surface area contributed by atoms with Crippen LogP contribution in [-0.2, 0) is 11.8 Å². The van der Waals surface area contributed by atoms with Gasteiger partial charge in [-0.2, -0.15) is 0 Å². The zero-order valence-electron chi connectivity index (χ0n) is 17.7. The summed E-state index contributed by atoms with van der Waals surface area (Å²) in [5.41, 5.74) is 8.07. The maximum absolute atomic E-state index is 6.52. The summed E-state index contributed by atoms with van der Waals surface area (Å²) in [4.78, 5) is 0. The van der Waals surface area contributed by atoms with E-state index in [1.807, 2.05) is 6.07 Å². The van der Waals surface area contributed by atoms with Gasteiger partial charge in [-0.15, -0.1) is 0 Å². The minimum atomic E-state index is -0.101. The van der Waals surface area contributed by atoms with Crippen LogP contribution in [0.5, 0.6) is 23.0 Å². The highest BCUT2D eigenvalue weighted by Gasteiger charge is 2.49. The summed E-state index contributed by atoms with van der Waals surface area (Å²) in [6.07, 6.45) is 1.03. The van der Waals surface area contributed by atoms with Gasteiger partial charge in [-0.05, 0) is 63.7 Å². The van der Waals surface area contributed by atoms with Crippen molar-refractivity contribution in [2.45, 2.75) is 46.5 Å². The van der Waals surface area contributed by atoms with E-state index in [9.17, 15) is 0 Å². The first kappa shape index (κ1) is 17.2. The predicted molar refractivity (Wildman–Crippen MR) is 119 cm³/mol. The number of hydrogen-bond donors (Lipinski definition) is 0. The first-order valence-electron chi connectivity index (χ1n) is 10.5. The summed E-state index contributed by atoms with van der Waals surface area (Å²) in [6, 6.07) is 17.4. The fraction of sp³-hybridized carbons (Fsp3) is 0.308. The van der Waals surface area contributed by atoms with E-state index in [0.717, 1.165) is 29.4 Å².